The third-order valence-corrected chi connectivity index (χ3v) is 3.06. The molecule has 0 spiro atoms. The molecule has 0 bridgehead atoms. The average molecular weight is 460 g/mol. The van der Waals surface area contributed by atoms with Gasteiger partial charge in [0.2, 0.25) is 5.91 Å². The Morgan fingerprint density at radius 3 is 2.22 bits per heavy atom. The van der Waals surface area contributed by atoms with Crippen LogP contribution in [-0.2, 0) is 19.0 Å². The molecule has 0 fully saturated rings. The molecule has 0 unspecified atom stereocenters. The van der Waals surface area contributed by atoms with Crippen LogP contribution >= 0.6 is 0 Å². The number of carbonyl (C=O) groups is 2. The number of hydrogen-bond donors (Lipinski definition) is 2. The molecular weight excluding hydrogens is 429 g/mol. The molecule has 0 aliphatic carbocycles. The normalized spacial score (nSPS) is 12.1. The molecule has 0 heterocycles. The summed E-state index contributed by atoms with van der Waals surface area (Å²) in [5.41, 5.74) is 0.884. The smallest absolute Gasteiger partial charge is 0.445 e. The zero-order chi connectivity index (χ0) is 24.8. The van der Waals surface area contributed by atoms with Crippen molar-refractivity contribution in [3.63, 3.8) is 0 Å². The van der Waals surface area contributed by atoms with E-state index in [1.165, 1.54) is 12.2 Å². The first-order chi connectivity index (χ1) is 15.1. The van der Waals surface area contributed by atoms with E-state index >= 15 is 0 Å². The summed E-state index contributed by atoms with van der Waals surface area (Å²) in [6.45, 7) is 8.49. The summed E-state index contributed by atoms with van der Waals surface area (Å²) >= 11 is 0. The van der Waals surface area contributed by atoms with Gasteiger partial charge in [0, 0.05) is 20.8 Å². The summed E-state index contributed by atoms with van der Waals surface area (Å²) in [6, 6.07) is 0. The predicted molar refractivity (Wildman–Crippen MR) is 118 cm³/mol. The van der Waals surface area contributed by atoms with Gasteiger partial charge in [0.1, 0.15) is 18.9 Å². The number of ether oxygens (including phenoxy) is 3. The van der Waals surface area contributed by atoms with Crippen molar-refractivity contribution >= 4 is 12.0 Å². The Labute approximate surface area is 187 Å². The lowest BCUT2D eigenvalue weighted by Gasteiger charge is -2.08. The number of nitrogens with one attached hydrogen (secondary N) is 2. The average Bonchev–Trinajstić information content (AvgIpc) is 2.73. The molecule has 0 rings (SSSR count). The fourth-order valence-electron chi connectivity index (χ4n) is 1.64. The predicted octanol–water partition coefficient (Wildman–Crippen LogP) is 4.33. The third kappa shape index (κ3) is 21.4. The maximum atomic E-state index is 12.1. The summed E-state index contributed by atoms with van der Waals surface area (Å²) < 4.78 is 49.1. The van der Waals surface area contributed by atoms with Gasteiger partial charge in [-0.3, -0.25) is 4.79 Å². The quantitative estimate of drug-likeness (QED) is 0.334. The van der Waals surface area contributed by atoms with Crippen LogP contribution in [0.3, 0.4) is 0 Å². The molecule has 7 nitrogen and oxygen atoms in total. The fraction of sp³-hybridized carbons (Fsp3) is 0.364. The van der Waals surface area contributed by atoms with Gasteiger partial charge in [0.15, 0.2) is 0 Å². The first-order valence-electron chi connectivity index (χ1n) is 9.43. The minimum Gasteiger partial charge on any atom is -0.445 e. The Balaban J connectivity index is 0. The minimum absolute atomic E-state index is 0.0425. The summed E-state index contributed by atoms with van der Waals surface area (Å²) in [7, 11) is 3.25. The van der Waals surface area contributed by atoms with Crippen LogP contribution in [-0.4, -0.2) is 52.3 Å². The van der Waals surface area contributed by atoms with Gasteiger partial charge in [0.05, 0.1) is 0 Å². The van der Waals surface area contributed by atoms with Gasteiger partial charge in [-0.1, -0.05) is 56.5 Å². The zero-order valence-electron chi connectivity index (χ0n) is 18.5. The summed E-state index contributed by atoms with van der Waals surface area (Å²) in [4.78, 5) is 23.2. The van der Waals surface area contributed by atoms with E-state index in [-0.39, 0.29) is 19.7 Å². The van der Waals surface area contributed by atoms with Gasteiger partial charge in [-0.2, -0.15) is 0 Å². The Morgan fingerprint density at radius 1 is 1.03 bits per heavy atom. The van der Waals surface area contributed by atoms with Crippen LogP contribution in [0.2, 0.25) is 0 Å². The van der Waals surface area contributed by atoms with Crippen LogP contribution in [0.4, 0.5) is 18.0 Å². The maximum Gasteiger partial charge on any atom is 0.573 e. The Morgan fingerprint density at radius 2 is 1.69 bits per heavy atom. The minimum atomic E-state index is -4.81. The SMILES string of the molecule is C=C/C=C\C=C(/CC)COC(=O)NCC(=O)NC/C=C/C=C(\C=C)OC(F)(F)F.COC. The van der Waals surface area contributed by atoms with Gasteiger partial charge in [-0.15, -0.1) is 13.2 Å². The Kier molecular flexibility index (Phi) is 19.0. The van der Waals surface area contributed by atoms with E-state index < -0.39 is 24.1 Å². The number of carbonyl (C=O) groups excluding carboxylic acids is 2. The lowest BCUT2D eigenvalue weighted by Crippen LogP contribution is -2.37. The number of rotatable bonds is 12. The van der Waals surface area contributed by atoms with Crippen molar-refractivity contribution in [3.8, 4) is 0 Å². The van der Waals surface area contributed by atoms with Crippen LogP contribution in [0.5, 0.6) is 0 Å². The van der Waals surface area contributed by atoms with E-state index in [4.69, 9.17) is 4.74 Å². The van der Waals surface area contributed by atoms with E-state index in [1.54, 1.807) is 38.5 Å². The van der Waals surface area contributed by atoms with Gasteiger partial charge in [-0.25, -0.2) is 4.79 Å². The van der Waals surface area contributed by atoms with E-state index in [9.17, 15) is 22.8 Å². The van der Waals surface area contributed by atoms with Gasteiger partial charge < -0.3 is 24.8 Å². The zero-order valence-corrected chi connectivity index (χ0v) is 18.5. The van der Waals surface area contributed by atoms with Crippen molar-refractivity contribution in [2.75, 3.05) is 33.9 Å². The molecule has 2 N–H and O–H groups in total. The highest BCUT2D eigenvalue weighted by molar-refractivity contribution is 5.82. The first-order valence-corrected chi connectivity index (χ1v) is 9.43. The monoisotopic (exact) mass is 460 g/mol. The number of alkyl carbamates (subject to hydrolysis) is 1. The first kappa shape index (κ1) is 30.9. The fourth-order valence-corrected chi connectivity index (χ4v) is 1.64. The van der Waals surface area contributed by atoms with E-state index in [2.05, 4.69) is 33.3 Å². The molecule has 0 aromatic heterocycles. The van der Waals surface area contributed by atoms with Gasteiger partial charge in [0.25, 0.3) is 0 Å². The van der Waals surface area contributed by atoms with Crippen LogP contribution in [0.15, 0.2) is 73.1 Å². The number of allylic oxidation sites excluding steroid dienone is 7. The molecule has 0 atom stereocenters. The molecule has 0 aromatic carbocycles. The number of hydrogen-bond acceptors (Lipinski definition) is 5. The molecule has 10 heteroatoms. The number of alkyl halides is 3. The summed E-state index contributed by atoms with van der Waals surface area (Å²) in [5.74, 6) is -0.976. The second-order valence-corrected chi connectivity index (χ2v) is 5.69. The Bertz CT molecular complexity index is 696. The second kappa shape index (κ2) is 19.7. The van der Waals surface area contributed by atoms with Gasteiger partial charge in [-0.05, 0) is 24.1 Å². The molecular formula is C22H31F3N2O5. The summed E-state index contributed by atoms with van der Waals surface area (Å²) in [6.07, 6.45) is 6.70. The highest BCUT2D eigenvalue weighted by Gasteiger charge is 2.31. The molecule has 32 heavy (non-hydrogen) atoms. The lowest BCUT2D eigenvalue weighted by atomic mass is 10.2. The van der Waals surface area contributed by atoms with Crippen molar-refractivity contribution in [2.45, 2.75) is 19.7 Å². The van der Waals surface area contributed by atoms with Crippen molar-refractivity contribution in [2.24, 2.45) is 0 Å². The van der Waals surface area contributed by atoms with Crippen molar-refractivity contribution < 1.29 is 37.0 Å². The molecule has 2 amide bonds. The summed E-state index contributed by atoms with van der Waals surface area (Å²) in [5, 5.41) is 4.74. The molecule has 0 saturated carbocycles. The van der Waals surface area contributed by atoms with Crippen molar-refractivity contribution in [1.82, 2.24) is 10.6 Å². The van der Waals surface area contributed by atoms with Crippen molar-refractivity contribution in [1.29, 1.82) is 0 Å². The maximum absolute atomic E-state index is 12.1. The molecule has 180 valence electrons. The molecule has 0 radical (unpaired) electrons. The number of halogens is 3. The van der Waals surface area contributed by atoms with Crippen LogP contribution in [0.25, 0.3) is 0 Å². The van der Waals surface area contributed by atoms with Crippen molar-refractivity contribution in [3.05, 3.63) is 73.1 Å². The lowest BCUT2D eigenvalue weighted by molar-refractivity contribution is -0.303. The highest BCUT2D eigenvalue weighted by Crippen LogP contribution is 2.20. The number of methoxy groups -OCH3 is 1. The highest BCUT2D eigenvalue weighted by atomic mass is 19.4. The molecule has 0 aromatic rings. The van der Waals surface area contributed by atoms with Crippen LogP contribution < -0.4 is 10.6 Å². The van der Waals surface area contributed by atoms with E-state index in [1.807, 2.05) is 6.92 Å². The largest absolute Gasteiger partial charge is 0.573 e. The second-order valence-electron chi connectivity index (χ2n) is 5.69. The van der Waals surface area contributed by atoms with Gasteiger partial charge >= 0.3 is 12.5 Å². The molecule has 0 aliphatic rings. The Hall–Kier alpha value is -3.27. The standard InChI is InChI=1S/C20H25F3N2O4.C2H6O/c1-4-7-8-11-16(5-2)15-28-19(27)25-14-18(26)24-13-10-9-12-17(6-3)29-20(21,22)23;1-3-2/h4,6-12H,1,3,5,13-15H2,2H3,(H,24,26)(H,25,27);1-2H3/b8-7-,10-9+,16-11+,17-12+;. The number of amides is 2. The molecule has 0 saturated heterocycles. The topological polar surface area (TPSA) is 85.9 Å². The third-order valence-electron chi connectivity index (χ3n) is 3.06. The van der Waals surface area contributed by atoms with Crippen LogP contribution in [0, 0.1) is 0 Å². The van der Waals surface area contributed by atoms with Crippen LogP contribution in [0.1, 0.15) is 13.3 Å². The van der Waals surface area contributed by atoms with E-state index in [0.717, 1.165) is 17.7 Å². The molecule has 0 aliphatic heterocycles. The van der Waals surface area contributed by atoms with E-state index in [0.29, 0.717) is 6.42 Å².